The Morgan fingerprint density at radius 3 is 2.33 bits per heavy atom. The molecule has 0 radical (unpaired) electrons. The first kappa shape index (κ1) is 17.9. The second-order valence-corrected chi connectivity index (χ2v) is 6.88. The lowest BCUT2D eigenvalue weighted by Crippen LogP contribution is -2.22. The van der Waals surface area contributed by atoms with Gasteiger partial charge in [-0.25, -0.2) is 13.6 Å². The molecule has 0 aromatic heterocycles. The summed E-state index contributed by atoms with van der Waals surface area (Å²) >= 11 is 0. The van der Waals surface area contributed by atoms with Crippen molar-refractivity contribution in [3.05, 3.63) is 71.8 Å². The molecule has 0 saturated carbocycles. The van der Waals surface area contributed by atoms with Crippen molar-refractivity contribution in [1.29, 1.82) is 0 Å². The van der Waals surface area contributed by atoms with Crippen LogP contribution in [0.4, 0.5) is 0 Å². The SMILES string of the molecule is NS(=O)(=O)c1ccc(CNC(=O)CC/C=C/c2ccccc2)cc1. The summed E-state index contributed by atoms with van der Waals surface area (Å²) in [4.78, 5) is 11.9. The van der Waals surface area contributed by atoms with Gasteiger partial charge >= 0.3 is 0 Å². The van der Waals surface area contributed by atoms with E-state index in [0.717, 1.165) is 11.1 Å². The van der Waals surface area contributed by atoms with Crippen LogP contribution in [0, 0.1) is 0 Å². The van der Waals surface area contributed by atoms with Crippen molar-refractivity contribution >= 4 is 22.0 Å². The maximum Gasteiger partial charge on any atom is 0.238 e. The van der Waals surface area contributed by atoms with Crippen LogP contribution in [0.2, 0.25) is 0 Å². The lowest BCUT2D eigenvalue weighted by atomic mass is 10.2. The molecule has 2 aromatic carbocycles. The number of primary sulfonamides is 1. The van der Waals surface area contributed by atoms with Crippen LogP contribution in [0.3, 0.4) is 0 Å². The molecule has 24 heavy (non-hydrogen) atoms. The van der Waals surface area contributed by atoms with Gasteiger partial charge in [0.2, 0.25) is 15.9 Å². The number of nitrogens with two attached hydrogens (primary N) is 1. The molecule has 0 fully saturated rings. The topological polar surface area (TPSA) is 89.3 Å². The smallest absolute Gasteiger partial charge is 0.238 e. The van der Waals surface area contributed by atoms with Crippen molar-refractivity contribution in [3.8, 4) is 0 Å². The van der Waals surface area contributed by atoms with E-state index in [4.69, 9.17) is 5.14 Å². The monoisotopic (exact) mass is 344 g/mol. The summed E-state index contributed by atoms with van der Waals surface area (Å²) in [7, 11) is -3.68. The molecule has 3 N–H and O–H groups in total. The first-order valence-corrected chi connectivity index (χ1v) is 9.10. The number of carbonyl (C=O) groups is 1. The molecule has 0 aliphatic carbocycles. The number of carbonyl (C=O) groups excluding carboxylic acids is 1. The van der Waals surface area contributed by atoms with Gasteiger partial charge in [0.25, 0.3) is 0 Å². The number of allylic oxidation sites excluding steroid dienone is 1. The third kappa shape index (κ3) is 5.98. The molecule has 126 valence electrons. The Morgan fingerprint density at radius 1 is 1.04 bits per heavy atom. The molecule has 0 aliphatic heterocycles. The number of amides is 1. The second kappa shape index (κ2) is 8.42. The first-order valence-electron chi connectivity index (χ1n) is 7.55. The average molecular weight is 344 g/mol. The van der Waals surface area contributed by atoms with E-state index >= 15 is 0 Å². The molecular formula is C18H20N2O3S. The van der Waals surface area contributed by atoms with Crippen molar-refractivity contribution in [2.24, 2.45) is 5.14 Å². The summed E-state index contributed by atoms with van der Waals surface area (Å²) in [5, 5.41) is 7.84. The van der Waals surface area contributed by atoms with Gasteiger partial charge in [0.05, 0.1) is 4.90 Å². The molecule has 0 atom stereocenters. The molecule has 2 rings (SSSR count). The lowest BCUT2D eigenvalue weighted by Gasteiger charge is -2.05. The van der Waals surface area contributed by atoms with Crippen LogP contribution in [-0.2, 0) is 21.4 Å². The van der Waals surface area contributed by atoms with Gasteiger partial charge in [-0.2, -0.15) is 0 Å². The van der Waals surface area contributed by atoms with Crippen molar-refractivity contribution < 1.29 is 13.2 Å². The standard InChI is InChI=1S/C18H20N2O3S/c19-24(22,23)17-12-10-16(11-13-17)14-20-18(21)9-5-4-8-15-6-2-1-3-7-15/h1-4,6-8,10-13H,5,9,14H2,(H,20,21)(H2,19,22,23)/b8-4+. The van der Waals surface area contributed by atoms with Crippen molar-refractivity contribution in [2.45, 2.75) is 24.3 Å². The highest BCUT2D eigenvalue weighted by atomic mass is 32.2. The zero-order chi connectivity index (χ0) is 17.4. The predicted molar refractivity (Wildman–Crippen MR) is 94.4 cm³/mol. The zero-order valence-electron chi connectivity index (χ0n) is 13.2. The van der Waals surface area contributed by atoms with Gasteiger partial charge in [-0.15, -0.1) is 0 Å². The molecule has 0 aliphatic rings. The predicted octanol–water partition coefficient (Wildman–Crippen LogP) is 2.44. The Balaban J connectivity index is 1.74. The molecule has 0 spiro atoms. The van der Waals surface area contributed by atoms with E-state index in [0.29, 0.717) is 19.4 Å². The number of hydrogen-bond donors (Lipinski definition) is 2. The van der Waals surface area contributed by atoms with E-state index < -0.39 is 10.0 Å². The summed E-state index contributed by atoms with van der Waals surface area (Å²) in [6, 6.07) is 16.0. The Kier molecular flexibility index (Phi) is 6.28. The highest BCUT2D eigenvalue weighted by Gasteiger charge is 2.07. The molecule has 2 aromatic rings. The maximum atomic E-state index is 11.8. The number of sulfonamides is 1. The Hall–Kier alpha value is -2.44. The molecule has 0 unspecified atom stereocenters. The summed E-state index contributed by atoms with van der Waals surface area (Å²) in [6.07, 6.45) is 5.01. The fraction of sp³-hybridized carbons (Fsp3) is 0.167. The van der Waals surface area contributed by atoms with Crippen molar-refractivity contribution in [3.63, 3.8) is 0 Å². The Morgan fingerprint density at radius 2 is 1.71 bits per heavy atom. The van der Waals surface area contributed by atoms with Crippen LogP contribution < -0.4 is 10.5 Å². The van der Waals surface area contributed by atoms with Gasteiger partial charge in [0, 0.05) is 13.0 Å². The first-order chi connectivity index (χ1) is 11.4. The van der Waals surface area contributed by atoms with E-state index in [1.165, 1.54) is 12.1 Å². The molecule has 0 bridgehead atoms. The minimum absolute atomic E-state index is 0.0526. The van der Waals surface area contributed by atoms with E-state index in [2.05, 4.69) is 5.32 Å². The van der Waals surface area contributed by atoms with E-state index in [9.17, 15) is 13.2 Å². The quantitative estimate of drug-likeness (QED) is 0.808. The fourth-order valence-corrected chi connectivity index (χ4v) is 2.60. The van der Waals surface area contributed by atoms with Gasteiger partial charge in [0.15, 0.2) is 0 Å². The highest BCUT2D eigenvalue weighted by Crippen LogP contribution is 2.08. The maximum absolute atomic E-state index is 11.8. The van der Waals surface area contributed by atoms with Crippen LogP contribution in [0.1, 0.15) is 24.0 Å². The third-order valence-corrected chi connectivity index (χ3v) is 4.32. The molecule has 5 nitrogen and oxygen atoms in total. The van der Waals surface area contributed by atoms with Crippen molar-refractivity contribution in [1.82, 2.24) is 5.32 Å². The highest BCUT2D eigenvalue weighted by molar-refractivity contribution is 7.89. The van der Waals surface area contributed by atoms with Crippen LogP contribution in [0.25, 0.3) is 6.08 Å². The largest absolute Gasteiger partial charge is 0.352 e. The Bertz CT molecular complexity index is 798. The average Bonchev–Trinajstić information content (AvgIpc) is 2.57. The lowest BCUT2D eigenvalue weighted by molar-refractivity contribution is -0.121. The van der Waals surface area contributed by atoms with Crippen LogP contribution in [0.5, 0.6) is 0 Å². The normalized spacial score (nSPS) is 11.5. The van der Waals surface area contributed by atoms with Gasteiger partial charge in [0.1, 0.15) is 0 Å². The van der Waals surface area contributed by atoms with Gasteiger partial charge < -0.3 is 5.32 Å². The minimum Gasteiger partial charge on any atom is -0.352 e. The van der Waals surface area contributed by atoms with E-state index in [-0.39, 0.29) is 10.8 Å². The van der Waals surface area contributed by atoms with Crippen LogP contribution in [-0.4, -0.2) is 14.3 Å². The molecular weight excluding hydrogens is 324 g/mol. The summed E-state index contributed by atoms with van der Waals surface area (Å²) < 4.78 is 22.3. The molecule has 0 heterocycles. The van der Waals surface area contributed by atoms with Gasteiger partial charge in [-0.3, -0.25) is 4.79 Å². The number of nitrogens with one attached hydrogen (secondary N) is 1. The van der Waals surface area contributed by atoms with Crippen molar-refractivity contribution in [2.75, 3.05) is 0 Å². The second-order valence-electron chi connectivity index (χ2n) is 5.32. The summed E-state index contributed by atoms with van der Waals surface area (Å²) in [6.45, 7) is 0.353. The van der Waals surface area contributed by atoms with Gasteiger partial charge in [-0.1, -0.05) is 54.6 Å². The summed E-state index contributed by atoms with van der Waals surface area (Å²) in [5.41, 5.74) is 1.92. The molecule has 1 amide bonds. The zero-order valence-corrected chi connectivity index (χ0v) is 14.0. The molecule has 6 heteroatoms. The van der Waals surface area contributed by atoms with E-state index in [1.807, 2.05) is 42.5 Å². The number of rotatable bonds is 7. The third-order valence-electron chi connectivity index (χ3n) is 3.39. The molecule has 0 saturated heterocycles. The van der Waals surface area contributed by atoms with Crippen LogP contribution in [0.15, 0.2) is 65.6 Å². The minimum atomic E-state index is -3.68. The number of hydrogen-bond acceptors (Lipinski definition) is 3. The van der Waals surface area contributed by atoms with Gasteiger partial charge in [-0.05, 0) is 29.7 Å². The Labute approximate surface area is 142 Å². The number of benzene rings is 2. The fourth-order valence-electron chi connectivity index (χ4n) is 2.08. The summed E-state index contributed by atoms with van der Waals surface area (Å²) in [5.74, 6) is -0.0526. The van der Waals surface area contributed by atoms with Crippen LogP contribution >= 0.6 is 0 Å². The van der Waals surface area contributed by atoms with E-state index in [1.54, 1.807) is 12.1 Å².